The van der Waals surface area contributed by atoms with Gasteiger partial charge < -0.3 is 5.73 Å². The zero-order chi connectivity index (χ0) is 13.8. The summed E-state index contributed by atoms with van der Waals surface area (Å²) < 4.78 is 14.2. The second-order valence-electron chi connectivity index (χ2n) is 5.35. The van der Waals surface area contributed by atoms with E-state index in [1.54, 1.807) is 18.2 Å². The van der Waals surface area contributed by atoms with Gasteiger partial charge in [0, 0.05) is 24.2 Å². The average Bonchev–Trinajstić information content (AvgIpc) is 2.45. The molecule has 0 bridgehead atoms. The maximum atomic E-state index is 14.2. The van der Waals surface area contributed by atoms with Crippen LogP contribution in [-0.4, -0.2) is 24.5 Å². The summed E-state index contributed by atoms with van der Waals surface area (Å²) in [6.07, 6.45) is 6.17. The molecular weight excluding hydrogens is 263 g/mol. The smallest absolute Gasteiger partial charge is 0.146 e. The number of nitrogens with two attached hydrogens (primary N) is 1. The van der Waals surface area contributed by atoms with Gasteiger partial charge in [-0.15, -0.1) is 0 Å². The third-order valence-corrected chi connectivity index (χ3v) is 4.50. The van der Waals surface area contributed by atoms with Gasteiger partial charge in [0.1, 0.15) is 5.82 Å². The zero-order valence-electron chi connectivity index (χ0n) is 11.4. The van der Waals surface area contributed by atoms with Crippen molar-refractivity contribution in [3.05, 3.63) is 34.6 Å². The van der Waals surface area contributed by atoms with E-state index in [1.807, 2.05) is 7.05 Å². The Labute approximate surface area is 119 Å². The standard InChI is InChI=1S/C15H22ClFN2/c1-19(11-6-3-2-4-7-11)14(10-18)12-8-5-9-13(16)15(12)17/h5,8-9,11,14H,2-4,6-7,10,18H2,1H3. The van der Waals surface area contributed by atoms with Crippen molar-refractivity contribution in [1.82, 2.24) is 4.90 Å². The van der Waals surface area contributed by atoms with Gasteiger partial charge in [0.05, 0.1) is 5.02 Å². The number of hydrogen-bond acceptors (Lipinski definition) is 2. The lowest BCUT2D eigenvalue weighted by atomic mass is 9.92. The molecule has 0 amide bonds. The molecule has 0 saturated heterocycles. The van der Waals surface area contributed by atoms with E-state index in [4.69, 9.17) is 17.3 Å². The van der Waals surface area contributed by atoms with Gasteiger partial charge in [-0.05, 0) is 26.0 Å². The van der Waals surface area contributed by atoms with Crippen LogP contribution < -0.4 is 5.73 Å². The Morgan fingerprint density at radius 2 is 2.05 bits per heavy atom. The number of nitrogens with zero attached hydrogens (tertiary/aromatic N) is 1. The summed E-state index contributed by atoms with van der Waals surface area (Å²) in [4.78, 5) is 2.23. The number of rotatable bonds is 4. The summed E-state index contributed by atoms with van der Waals surface area (Å²) in [7, 11) is 2.05. The van der Waals surface area contributed by atoms with Gasteiger partial charge in [0.25, 0.3) is 0 Å². The molecule has 2 nitrogen and oxygen atoms in total. The molecule has 1 fully saturated rings. The van der Waals surface area contributed by atoms with Crippen LogP contribution in [0.4, 0.5) is 4.39 Å². The number of benzene rings is 1. The number of hydrogen-bond donors (Lipinski definition) is 1. The predicted molar refractivity (Wildman–Crippen MR) is 77.8 cm³/mol. The molecular formula is C15H22ClFN2. The molecule has 0 radical (unpaired) electrons. The monoisotopic (exact) mass is 284 g/mol. The first-order valence-electron chi connectivity index (χ1n) is 7.01. The van der Waals surface area contributed by atoms with Gasteiger partial charge >= 0.3 is 0 Å². The number of likely N-dealkylation sites (N-methyl/N-ethyl adjacent to an activating group) is 1. The van der Waals surface area contributed by atoms with E-state index in [1.165, 1.54) is 32.1 Å². The quantitative estimate of drug-likeness (QED) is 0.912. The molecule has 2 N–H and O–H groups in total. The van der Waals surface area contributed by atoms with Crippen LogP contribution in [0.15, 0.2) is 18.2 Å². The molecule has 0 spiro atoms. The van der Waals surface area contributed by atoms with Gasteiger partial charge in [0.15, 0.2) is 0 Å². The van der Waals surface area contributed by atoms with Crippen LogP contribution in [-0.2, 0) is 0 Å². The molecule has 0 aromatic heterocycles. The molecule has 1 aliphatic rings. The first-order chi connectivity index (χ1) is 9.15. The molecule has 106 valence electrons. The van der Waals surface area contributed by atoms with Crippen LogP contribution in [0.5, 0.6) is 0 Å². The maximum absolute atomic E-state index is 14.2. The molecule has 1 aromatic rings. The van der Waals surface area contributed by atoms with E-state index in [9.17, 15) is 4.39 Å². The average molecular weight is 285 g/mol. The Bertz CT molecular complexity index is 419. The first kappa shape index (κ1) is 14.8. The van der Waals surface area contributed by atoms with Gasteiger partial charge in [-0.1, -0.05) is 43.0 Å². The minimum atomic E-state index is -0.331. The molecule has 0 heterocycles. The summed E-state index contributed by atoms with van der Waals surface area (Å²) in [5, 5.41) is 0.174. The van der Waals surface area contributed by atoms with Crippen molar-refractivity contribution >= 4 is 11.6 Å². The lowest BCUT2D eigenvalue weighted by Crippen LogP contribution is -2.40. The van der Waals surface area contributed by atoms with Crippen LogP contribution in [0.2, 0.25) is 5.02 Å². The highest BCUT2D eigenvalue weighted by atomic mass is 35.5. The first-order valence-corrected chi connectivity index (χ1v) is 7.39. The van der Waals surface area contributed by atoms with Gasteiger partial charge in [-0.3, -0.25) is 4.90 Å². The highest BCUT2D eigenvalue weighted by molar-refractivity contribution is 6.30. The molecule has 1 unspecified atom stereocenters. The minimum absolute atomic E-state index is 0.0956. The van der Waals surface area contributed by atoms with Crippen molar-refractivity contribution in [2.75, 3.05) is 13.6 Å². The zero-order valence-corrected chi connectivity index (χ0v) is 12.2. The van der Waals surface area contributed by atoms with Crippen LogP contribution in [0.1, 0.15) is 43.7 Å². The normalized spacial score (nSPS) is 18.8. The highest BCUT2D eigenvalue weighted by Crippen LogP contribution is 2.31. The Kier molecular flexibility index (Phi) is 5.20. The van der Waals surface area contributed by atoms with Gasteiger partial charge in [0.2, 0.25) is 0 Å². The highest BCUT2D eigenvalue weighted by Gasteiger charge is 2.27. The summed E-state index contributed by atoms with van der Waals surface area (Å²) in [5.74, 6) is -0.331. The molecule has 0 aliphatic heterocycles. The van der Waals surface area contributed by atoms with Crippen molar-refractivity contribution in [3.63, 3.8) is 0 Å². The van der Waals surface area contributed by atoms with Crippen LogP contribution in [0, 0.1) is 5.82 Å². The van der Waals surface area contributed by atoms with E-state index < -0.39 is 0 Å². The lowest BCUT2D eigenvalue weighted by Gasteiger charge is -2.37. The SMILES string of the molecule is CN(C1CCCCC1)C(CN)c1cccc(Cl)c1F. The van der Waals surface area contributed by atoms with Crippen LogP contribution in [0.25, 0.3) is 0 Å². The Morgan fingerprint density at radius 3 is 2.68 bits per heavy atom. The topological polar surface area (TPSA) is 29.3 Å². The minimum Gasteiger partial charge on any atom is -0.329 e. The second kappa shape index (κ2) is 6.69. The summed E-state index contributed by atoms with van der Waals surface area (Å²) in [5.41, 5.74) is 6.49. The largest absolute Gasteiger partial charge is 0.329 e. The maximum Gasteiger partial charge on any atom is 0.146 e. The molecule has 2 rings (SSSR count). The van der Waals surface area contributed by atoms with E-state index >= 15 is 0 Å². The third kappa shape index (κ3) is 3.28. The molecule has 1 atom stereocenters. The summed E-state index contributed by atoms with van der Waals surface area (Å²) in [6.45, 7) is 0.407. The van der Waals surface area contributed by atoms with Crippen LogP contribution in [0.3, 0.4) is 0 Å². The van der Waals surface area contributed by atoms with E-state index in [2.05, 4.69) is 4.90 Å². The Hall–Kier alpha value is -0.640. The number of halogens is 2. The van der Waals surface area contributed by atoms with Crippen LogP contribution >= 0.6 is 11.6 Å². The fraction of sp³-hybridized carbons (Fsp3) is 0.600. The third-order valence-electron chi connectivity index (χ3n) is 4.21. The van der Waals surface area contributed by atoms with Gasteiger partial charge in [-0.2, -0.15) is 0 Å². The molecule has 1 saturated carbocycles. The molecule has 19 heavy (non-hydrogen) atoms. The summed E-state index contributed by atoms with van der Waals surface area (Å²) in [6, 6.07) is 5.56. The van der Waals surface area contributed by atoms with Crippen molar-refractivity contribution in [2.45, 2.75) is 44.2 Å². The molecule has 4 heteroatoms. The molecule has 1 aromatic carbocycles. The van der Waals surface area contributed by atoms with Crippen molar-refractivity contribution < 1.29 is 4.39 Å². The summed E-state index contributed by atoms with van der Waals surface area (Å²) >= 11 is 5.87. The Balaban J connectivity index is 2.20. The van der Waals surface area contributed by atoms with E-state index in [-0.39, 0.29) is 16.9 Å². The fourth-order valence-electron chi connectivity index (χ4n) is 3.03. The fourth-order valence-corrected chi connectivity index (χ4v) is 3.22. The van der Waals surface area contributed by atoms with Crippen molar-refractivity contribution in [1.29, 1.82) is 0 Å². The van der Waals surface area contributed by atoms with E-state index in [0.717, 1.165) is 0 Å². The second-order valence-corrected chi connectivity index (χ2v) is 5.76. The Morgan fingerprint density at radius 1 is 1.37 bits per heavy atom. The lowest BCUT2D eigenvalue weighted by molar-refractivity contribution is 0.138. The van der Waals surface area contributed by atoms with E-state index in [0.29, 0.717) is 18.2 Å². The predicted octanol–water partition coefficient (Wildman–Crippen LogP) is 3.74. The van der Waals surface area contributed by atoms with Crippen molar-refractivity contribution in [2.24, 2.45) is 5.73 Å². The van der Waals surface area contributed by atoms with Crippen molar-refractivity contribution in [3.8, 4) is 0 Å². The molecule has 1 aliphatic carbocycles. The van der Waals surface area contributed by atoms with Gasteiger partial charge in [-0.25, -0.2) is 4.39 Å².